The SMILES string of the molecule is O=S1(=O)CCCN1c1cccc(CNc2ccnc3cc(Br)ccc23)c1. The van der Waals surface area contributed by atoms with Gasteiger partial charge in [-0.15, -0.1) is 0 Å². The van der Waals surface area contributed by atoms with Gasteiger partial charge < -0.3 is 5.32 Å². The summed E-state index contributed by atoms with van der Waals surface area (Å²) in [4.78, 5) is 4.40. The summed E-state index contributed by atoms with van der Waals surface area (Å²) in [5, 5.41) is 4.49. The van der Waals surface area contributed by atoms with Gasteiger partial charge in [-0.1, -0.05) is 28.1 Å². The molecular formula is C19H18BrN3O2S. The first-order valence-corrected chi connectivity index (χ1v) is 10.8. The van der Waals surface area contributed by atoms with Crippen LogP contribution >= 0.6 is 15.9 Å². The maximum atomic E-state index is 12.1. The van der Waals surface area contributed by atoms with Crippen molar-refractivity contribution in [1.82, 2.24) is 4.98 Å². The maximum absolute atomic E-state index is 12.1. The molecule has 1 N–H and O–H groups in total. The molecule has 0 saturated carbocycles. The molecule has 1 fully saturated rings. The molecule has 2 aromatic carbocycles. The van der Waals surface area contributed by atoms with E-state index in [4.69, 9.17) is 0 Å². The molecule has 0 amide bonds. The monoisotopic (exact) mass is 431 g/mol. The van der Waals surface area contributed by atoms with Gasteiger partial charge in [-0.05, 0) is 48.4 Å². The van der Waals surface area contributed by atoms with Crippen LogP contribution < -0.4 is 9.62 Å². The minimum absolute atomic E-state index is 0.230. The highest BCUT2D eigenvalue weighted by atomic mass is 79.9. The second-order valence-corrected chi connectivity index (χ2v) is 9.21. The van der Waals surface area contributed by atoms with E-state index in [9.17, 15) is 8.42 Å². The Labute approximate surface area is 161 Å². The number of nitrogens with zero attached hydrogens (tertiary/aromatic N) is 2. The minimum Gasteiger partial charge on any atom is -0.380 e. The van der Waals surface area contributed by atoms with Crippen LogP contribution in [0, 0.1) is 0 Å². The van der Waals surface area contributed by atoms with Crippen molar-refractivity contribution in [1.29, 1.82) is 0 Å². The zero-order valence-corrected chi connectivity index (χ0v) is 16.4. The quantitative estimate of drug-likeness (QED) is 0.673. The summed E-state index contributed by atoms with van der Waals surface area (Å²) in [6.45, 7) is 1.17. The standard InChI is InChI=1S/C19H18BrN3O2S/c20-15-5-6-17-18(7-8-21-19(17)12-15)22-13-14-3-1-4-16(11-14)23-9-2-10-26(23,24)25/h1,3-8,11-12H,2,9-10,13H2,(H,21,22). The third-order valence-electron chi connectivity index (χ3n) is 4.49. The third-order valence-corrected chi connectivity index (χ3v) is 6.85. The molecule has 1 aliphatic rings. The molecule has 7 heteroatoms. The first kappa shape index (κ1) is 17.3. The molecule has 0 spiro atoms. The van der Waals surface area contributed by atoms with Gasteiger partial charge in [0.15, 0.2) is 0 Å². The van der Waals surface area contributed by atoms with Gasteiger partial charge in [-0.25, -0.2) is 8.42 Å². The molecule has 134 valence electrons. The van der Waals surface area contributed by atoms with E-state index in [1.165, 1.54) is 4.31 Å². The molecule has 1 saturated heterocycles. The average molecular weight is 432 g/mol. The summed E-state index contributed by atoms with van der Waals surface area (Å²) >= 11 is 3.47. The smallest absolute Gasteiger partial charge is 0.235 e. The Morgan fingerprint density at radius 1 is 1.15 bits per heavy atom. The van der Waals surface area contributed by atoms with Crippen LogP contribution in [0.1, 0.15) is 12.0 Å². The molecule has 26 heavy (non-hydrogen) atoms. The molecule has 0 bridgehead atoms. The van der Waals surface area contributed by atoms with Gasteiger partial charge in [0.1, 0.15) is 0 Å². The van der Waals surface area contributed by atoms with Crippen molar-refractivity contribution in [2.45, 2.75) is 13.0 Å². The molecule has 0 atom stereocenters. The largest absolute Gasteiger partial charge is 0.380 e. The Morgan fingerprint density at radius 2 is 2.04 bits per heavy atom. The molecule has 2 heterocycles. The lowest BCUT2D eigenvalue weighted by atomic mass is 10.1. The van der Waals surface area contributed by atoms with Crippen molar-refractivity contribution in [3.63, 3.8) is 0 Å². The second kappa shape index (κ2) is 6.89. The van der Waals surface area contributed by atoms with Crippen LogP contribution in [0.25, 0.3) is 10.9 Å². The maximum Gasteiger partial charge on any atom is 0.235 e. The normalized spacial score (nSPS) is 16.1. The van der Waals surface area contributed by atoms with Crippen LogP contribution in [-0.2, 0) is 16.6 Å². The van der Waals surface area contributed by atoms with Gasteiger partial charge >= 0.3 is 0 Å². The van der Waals surface area contributed by atoms with Crippen LogP contribution in [-0.4, -0.2) is 25.7 Å². The van der Waals surface area contributed by atoms with Crippen LogP contribution in [0.15, 0.2) is 59.2 Å². The summed E-state index contributed by atoms with van der Waals surface area (Å²) in [7, 11) is -3.16. The highest BCUT2D eigenvalue weighted by Gasteiger charge is 2.28. The van der Waals surface area contributed by atoms with E-state index in [1.54, 1.807) is 6.20 Å². The van der Waals surface area contributed by atoms with E-state index in [0.29, 0.717) is 19.5 Å². The fourth-order valence-corrected chi connectivity index (χ4v) is 5.13. The molecule has 3 aromatic rings. The third kappa shape index (κ3) is 3.41. The number of fused-ring (bicyclic) bond motifs is 1. The van der Waals surface area contributed by atoms with Gasteiger partial charge in [0.25, 0.3) is 0 Å². The van der Waals surface area contributed by atoms with E-state index in [2.05, 4.69) is 26.2 Å². The van der Waals surface area contributed by atoms with Crippen LogP contribution in [0.2, 0.25) is 0 Å². The number of sulfonamides is 1. The highest BCUT2D eigenvalue weighted by Crippen LogP contribution is 2.27. The molecule has 0 radical (unpaired) electrons. The Hall–Kier alpha value is -2.12. The minimum atomic E-state index is -3.16. The number of halogens is 1. The topological polar surface area (TPSA) is 62.3 Å². The predicted molar refractivity (Wildman–Crippen MR) is 109 cm³/mol. The summed E-state index contributed by atoms with van der Waals surface area (Å²) < 4.78 is 26.8. The number of benzene rings is 2. The highest BCUT2D eigenvalue weighted by molar-refractivity contribution is 9.10. The fourth-order valence-electron chi connectivity index (χ4n) is 3.22. The zero-order valence-electron chi connectivity index (χ0n) is 14.0. The van der Waals surface area contributed by atoms with Crippen LogP contribution in [0.3, 0.4) is 0 Å². The van der Waals surface area contributed by atoms with Gasteiger partial charge in [0.05, 0.1) is 17.0 Å². The van der Waals surface area contributed by atoms with E-state index >= 15 is 0 Å². The van der Waals surface area contributed by atoms with E-state index in [1.807, 2.05) is 48.5 Å². The predicted octanol–water partition coefficient (Wildman–Crippen LogP) is 4.15. The van der Waals surface area contributed by atoms with Gasteiger partial charge in [-0.3, -0.25) is 9.29 Å². The fraction of sp³-hybridized carbons (Fsp3) is 0.211. The summed E-state index contributed by atoms with van der Waals surface area (Å²) in [5.74, 6) is 0.230. The van der Waals surface area contributed by atoms with Crippen LogP contribution in [0.4, 0.5) is 11.4 Å². The van der Waals surface area contributed by atoms with Gasteiger partial charge in [-0.2, -0.15) is 0 Å². The number of pyridine rings is 1. The molecular weight excluding hydrogens is 414 g/mol. The van der Waals surface area contributed by atoms with Crippen molar-refractivity contribution in [2.75, 3.05) is 21.9 Å². The molecule has 1 aromatic heterocycles. The molecule has 0 unspecified atom stereocenters. The number of hydrogen-bond acceptors (Lipinski definition) is 4. The summed E-state index contributed by atoms with van der Waals surface area (Å²) in [6.07, 6.45) is 2.47. The lowest BCUT2D eigenvalue weighted by molar-refractivity contribution is 0.599. The van der Waals surface area contributed by atoms with Gasteiger partial charge in [0, 0.05) is 34.8 Å². The van der Waals surface area contributed by atoms with E-state index in [0.717, 1.165) is 32.3 Å². The number of anilines is 2. The molecule has 4 rings (SSSR count). The average Bonchev–Trinajstić information content (AvgIpc) is 2.99. The van der Waals surface area contributed by atoms with E-state index in [-0.39, 0.29) is 5.75 Å². The lowest BCUT2D eigenvalue weighted by Gasteiger charge is -2.18. The van der Waals surface area contributed by atoms with Gasteiger partial charge in [0.2, 0.25) is 10.0 Å². The van der Waals surface area contributed by atoms with Crippen molar-refractivity contribution in [3.05, 3.63) is 64.8 Å². The number of aromatic nitrogens is 1. The molecule has 5 nitrogen and oxygen atoms in total. The number of nitrogens with one attached hydrogen (secondary N) is 1. The Kier molecular flexibility index (Phi) is 4.58. The van der Waals surface area contributed by atoms with Crippen LogP contribution in [0.5, 0.6) is 0 Å². The first-order chi connectivity index (χ1) is 12.5. The second-order valence-electron chi connectivity index (χ2n) is 6.29. The van der Waals surface area contributed by atoms with E-state index < -0.39 is 10.0 Å². The Balaban J connectivity index is 1.57. The lowest BCUT2D eigenvalue weighted by Crippen LogP contribution is -2.25. The van der Waals surface area contributed by atoms with Crippen molar-refractivity contribution >= 4 is 48.2 Å². The Morgan fingerprint density at radius 3 is 2.85 bits per heavy atom. The zero-order chi connectivity index (χ0) is 18.1. The Bertz CT molecular complexity index is 1070. The molecule has 0 aliphatic carbocycles. The van der Waals surface area contributed by atoms with Crippen molar-refractivity contribution in [3.8, 4) is 0 Å². The number of hydrogen-bond donors (Lipinski definition) is 1. The summed E-state index contributed by atoms with van der Waals surface area (Å²) in [5.41, 5.74) is 3.69. The first-order valence-electron chi connectivity index (χ1n) is 8.40. The summed E-state index contributed by atoms with van der Waals surface area (Å²) in [6, 6.07) is 15.7. The number of rotatable bonds is 4. The molecule has 1 aliphatic heterocycles. The van der Waals surface area contributed by atoms with Crippen molar-refractivity contribution < 1.29 is 8.42 Å². The van der Waals surface area contributed by atoms with Crippen molar-refractivity contribution in [2.24, 2.45) is 0 Å².